The van der Waals surface area contributed by atoms with Gasteiger partial charge in [0.25, 0.3) is 11.5 Å². The second-order valence-corrected chi connectivity index (χ2v) is 6.70. The molecule has 4 aromatic rings. The molecule has 0 aliphatic rings. The summed E-state index contributed by atoms with van der Waals surface area (Å²) in [6.07, 6.45) is 1.70. The number of imidazole rings is 1. The number of nitrogens with zero attached hydrogens (tertiary/aromatic N) is 3. The van der Waals surface area contributed by atoms with Crippen LogP contribution < -0.4 is 5.56 Å². The van der Waals surface area contributed by atoms with Gasteiger partial charge in [-0.1, -0.05) is 42.5 Å². The van der Waals surface area contributed by atoms with Gasteiger partial charge in [0.2, 0.25) is 0 Å². The van der Waals surface area contributed by atoms with Gasteiger partial charge in [-0.05, 0) is 29.8 Å². The van der Waals surface area contributed by atoms with Crippen LogP contribution >= 0.6 is 0 Å². The van der Waals surface area contributed by atoms with Gasteiger partial charge >= 0.3 is 0 Å². The van der Waals surface area contributed by atoms with E-state index in [-0.39, 0.29) is 17.0 Å². The van der Waals surface area contributed by atoms with Gasteiger partial charge in [-0.2, -0.15) is 0 Å². The van der Waals surface area contributed by atoms with E-state index in [2.05, 4.69) is 9.97 Å². The van der Waals surface area contributed by atoms with Gasteiger partial charge < -0.3 is 14.5 Å². The average molecular weight is 372 g/mol. The van der Waals surface area contributed by atoms with Crippen LogP contribution in [0.2, 0.25) is 0 Å². The van der Waals surface area contributed by atoms with Crippen molar-refractivity contribution in [3.05, 3.63) is 100 Å². The third kappa shape index (κ3) is 3.57. The van der Waals surface area contributed by atoms with Gasteiger partial charge in [0, 0.05) is 13.2 Å². The van der Waals surface area contributed by atoms with E-state index in [1.807, 2.05) is 54.6 Å². The Morgan fingerprint density at radius 1 is 1.04 bits per heavy atom. The molecule has 1 N–H and O–H groups in total. The first kappa shape index (κ1) is 17.7. The number of nitrogens with one attached hydrogen (secondary N) is 1. The molecule has 1 amide bonds. The van der Waals surface area contributed by atoms with Crippen molar-refractivity contribution in [3.63, 3.8) is 0 Å². The molecule has 0 aliphatic carbocycles. The van der Waals surface area contributed by atoms with E-state index in [9.17, 15) is 9.59 Å². The zero-order valence-electron chi connectivity index (χ0n) is 15.5. The molecular weight excluding hydrogens is 352 g/mol. The molecule has 28 heavy (non-hydrogen) atoms. The molecule has 0 saturated carbocycles. The molecule has 6 nitrogen and oxygen atoms in total. The Kier molecular flexibility index (Phi) is 4.76. The molecule has 2 aromatic carbocycles. The Morgan fingerprint density at radius 3 is 2.57 bits per heavy atom. The van der Waals surface area contributed by atoms with Gasteiger partial charge in [0.1, 0.15) is 11.4 Å². The van der Waals surface area contributed by atoms with Crippen LogP contribution in [-0.4, -0.2) is 32.4 Å². The topological polar surface area (TPSA) is 71.0 Å². The van der Waals surface area contributed by atoms with Crippen LogP contribution in [0.3, 0.4) is 0 Å². The maximum Gasteiger partial charge on any atom is 0.263 e. The Hall–Kier alpha value is -3.67. The number of amides is 1. The van der Waals surface area contributed by atoms with Crippen LogP contribution in [0.1, 0.15) is 21.7 Å². The summed E-state index contributed by atoms with van der Waals surface area (Å²) in [6.45, 7) is 0.717. The number of rotatable bonds is 5. The maximum atomic E-state index is 12.9. The van der Waals surface area contributed by atoms with Crippen molar-refractivity contribution >= 4 is 16.9 Å². The molecule has 0 radical (unpaired) electrons. The highest BCUT2D eigenvalue weighted by atomic mass is 16.2. The Labute approximate surface area is 162 Å². The number of pyridine rings is 1. The summed E-state index contributed by atoms with van der Waals surface area (Å²) < 4.78 is 1.55. The summed E-state index contributed by atoms with van der Waals surface area (Å²) in [5.74, 6) is 0.352. The summed E-state index contributed by atoms with van der Waals surface area (Å²) in [6, 6.07) is 20.7. The lowest BCUT2D eigenvalue weighted by Crippen LogP contribution is -2.34. The molecule has 0 spiro atoms. The summed E-state index contributed by atoms with van der Waals surface area (Å²) in [7, 11) is 1.67. The van der Waals surface area contributed by atoms with Crippen molar-refractivity contribution in [3.8, 4) is 0 Å². The normalized spacial score (nSPS) is 10.9. The lowest BCUT2D eigenvalue weighted by molar-refractivity contribution is 0.0779. The number of aromatic nitrogens is 3. The number of carbonyl (C=O) groups excluding carboxylic acids is 1. The summed E-state index contributed by atoms with van der Waals surface area (Å²) in [5, 5.41) is 0. The number of aromatic amines is 1. The minimum absolute atomic E-state index is 0.150. The number of para-hydroxylation sites is 2. The number of carbonyl (C=O) groups is 1. The highest BCUT2D eigenvalue weighted by molar-refractivity contribution is 5.93. The van der Waals surface area contributed by atoms with Crippen LogP contribution in [-0.2, 0) is 13.1 Å². The van der Waals surface area contributed by atoms with Crippen LogP contribution in [0.25, 0.3) is 11.0 Å². The standard InChI is InChI=1S/C22H20N4O2/c1-25(15-20-23-18-11-5-6-12-19(18)24-20)21(27)17-10-7-13-26(22(17)28)14-16-8-3-2-4-9-16/h2-13H,14-15H2,1H3,(H,23,24). The van der Waals surface area contributed by atoms with Crippen LogP contribution in [0.5, 0.6) is 0 Å². The monoisotopic (exact) mass is 372 g/mol. The van der Waals surface area contributed by atoms with Gasteiger partial charge in [0.15, 0.2) is 0 Å². The quantitative estimate of drug-likeness (QED) is 0.585. The molecule has 6 heteroatoms. The van der Waals surface area contributed by atoms with E-state index in [1.165, 1.54) is 4.90 Å². The highest BCUT2D eigenvalue weighted by Crippen LogP contribution is 2.12. The maximum absolute atomic E-state index is 12.9. The van der Waals surface area contributed by atoms with Crippen molar-refractivity contribution < 1.29 is 4.79 Å². The molecule has 0 unspecified atom stereocenters. The molecule has 0 atom stereocenters. The van der Waals surface area contributed by atoms with E-state index >= 15 is 0 Å². The molecule has 0 saturated heterocycles. The first-order valence-electron chi connectivity index (χ1n) is 9.04. The Morgan fingerprint density at radius 2 is 1.79 bits per heavy atom. The van der Waals surface area contributed by atoms with E-state index in [4.69, 9.17) is 0 Å². The number of hydrogen-bond acceptors (Lipinski definition) is 3. The second kappa shape index (κ2) is 7.52. The first-order chi connectivity index (χ1) is 13.6. The third-order valence-electron chi connectivity index (χ3n) is 4.62. The third-order valence-corrected chi connectivity index (χ3v) is 4.62. The van der Waals surface area contributed by atoms with E-state index in [1.54, 1.807) is 29.9 Å². The molecule has 4 rings (SSSR count). The predicted octanol–water partition coefficient (Wildman–Crippen LogP) is 3.05. The first-order valence-corrected chi connectivity index (χ1v) is 9.04. The fourth-order valence-electron chi connectivity index (χ4n) is 3.19. The molecule has 2 aromatic heterocycles. The molecule has 2 heterocycles. The summed E-state index contributed by atoms with van der Waals surface area (Å²) in [4.78, 5) is 34.9. The van der Waals surface area contributed by atoms with E-state index in [0.29, 0.717) is 18.9 Å². The number of benzene rings is 2. The van der Waals surface area contributed by atoms with Crippen molar-refractivity contribution in [1.82, 2.24) is 19.4 Å². The SMILES string of the molecule is CN(Cc1nc2ccccc2[nH]1)C(=O)c1cccn(Cc2ccccc2)c1=O. The molecule has 0 aliphatic heterocycles. The smallest absolute Gasteiger partial charge is 0.263 e. The molecule has 0 bridgehead atoms. The molecule has 140 valence electrons. The van der Waals surface area contributed by atoms with Crippen molar-refractivity contribution in [2.24, 2.45) is 0 Å². The van der Waals surface area contributed by atoms with Gasteiger partial charge in [-0.25, -0.2) is 4.98 Å². The highest BCUT2D eigenvalue weighted by Gasteiger charge is 2.18. The van der Waals surface area contributed by atoms with E-state index in [0.717, 1.165) is 16.6 Å². The van der Waals surface area contributed by atoms with E-state index < -0.39 is 0 Å². The summed E-state index contributed by atoms with van der Waals surface area (Å²) in [5.41, 5.74) is 2.63. The summed E-state index contributed by atoms with van der Waals surface area (Å²) >= 11 is 0. The fraction of sp³-hybridized carbons (Fsp3) is 0.136. The predicted molar refractivity (Wildman–Crippen MR) is 108 cm³/mol. The van der Waals surface area contributed by atoms with Crippen molar-refractivity contribution in [2.75, 3.05) is 7.05 Å². The van der Waals surface area contributed by atoms with Crippen LogP contribution in [0, 0.1) is 0 Å². The average Bonchev–Trinajstić information content (AvgIpc) is 3.12. The largest absolute Gasteiger partial charge is 0.340 e. The Bertz CT molecular complexity index is 1140. The van der Waals surface area contributed by atoms with Gasteiger partial charge in [-0.15, -0.1) is 0 Å². The van der Waals surface area contributed by atoms with Gasteiger partial charge in [-0.3, -0.25) is 9.59 Å². The van der Waals surface area contributed by atoms with Crippen LogP contribution in [0.15, 0.2) is 77.7 Å². The fourth-order valence-corrected chi connectivity index (χ4v) is 3.19. The van der Waals surface area contributed by atoms with Crippen molar-refractivity contribution in [2.45, 2.75) is 13.1 Å². The van der Waals surface area contributed by atoms with Crippen LogP contribution in [0.4, 0.5) is 0 Å². The minimum atomic E-state index is -0.326. The molecule has 0 fully saturated rings. The number of fused-ring (bicyclic) bond motifs is 1. The zero-order chi connectivity index (χ0) is 19.5. The second-order valence-electron chi connectivity index (χ2n) is 6.70. The Balaban J connectivity index is 1.55. The molecular formula is C22H20N4O2. The number of hydrogen-bond donors (Lipinski definition) is 1. The minimum Gasteiger partial charge on any atom is -0.340 e. The lowest BCUT2D eigenvalue weighted by Gasteiger charge is -2.16. The number of H-pyrrole nitrogens is 1. The van der Waals surface area contributed by atoms with Crippen molar-refractivity contribution in [1.29, 1.82) is 0 Å². The van der Waals surface area contributed by atoms with Gasteiger partial charge in [0.05, 0.1) is 24.1 Å². The lowest BCUT2D eigenvalue weighted by atomic mass is 10.2. The zero-order valence-corrected chi connectivity index (χ0v) is 15.5.